The van der Waals surface area contributed by atoms with Gasteiger partial charge < -0.3 is 20.3 Å². The van der Waals surface area contributed by atoms with E-state index in [-0.39, 0.29) is 11.9 Å². The first-order chi connectivity index (χ1) is 14.0. The van der Waals surface area contributed by atoms with Crippen LogP contribution in [0.4, 0.5) is 5.82 Å². The quantitative estimate of drug-likeness (QED) is 0.810. The number of piperidine rings is 1. The van der Waals surface area contributed by atoms with Gasteiger partial charge in [0.1, 0.15) is 12.1 Å². The van der Waals surface area contributed by atoms with E-state index >= 15 is 0 Å². The second-order valence-electron chi connectivity index (χ2n) is 8.55. The average molecular weight is 396 g/mol. The van der Waals surface area contributed by atoms with Crippen LogP contribution in [-0.4, -0.2) is 48.1 Å². The minimum atomic E-state index is -0.144. The zero-order valence-electron chi connectivity index (χ0n) is 17.4. The summed E-state index contributed by atoms with van der Waals surface area (Å²) in [4.78, 5) is 23.6. The first-order valence-electron chi connectivity index (χ1n) is 10.3. The molecule has 29 heavy (non-hydrogen) atoms. The molecule has 3 heterocycles. The molecule has 2 aliphatic heterocycles. The number of rotatable bonds is 5. The van der Waals surface area contributed by atoms with Crippen molar-refractivity contribution in [2.24, 2.45) is 5.41 Å². The van der Waals surface area contributed by atoms with Crippen LogP contribution in [0.2, 0.25) is 0 Å². The fourth-order valence-corrected chi connectivity index (χ4v) is 4.18. The van der Waals surface area contributed by atoms with E-state index in [1.165, 1.54) is 12.8 Å². The molecule has 0 aliphatic carbocycles. The second kappa shape index (κ2) is 7.99. The normalized spacial score (nSPS) is 17.9. The van der Waals surface area contributed by atoms with Crippen molar-refractivity contribution in [3.63, 3.8) is 0 Å². The molecule has 2 N–H and O–H groups in total. The zero-order chi connectivity index (χ0) is 20.4. The minimum Gasteiger partial charge on any atom is -0.451 e. The molecule has 0 bridgehead atoms. The maximum atomic E-state index is 12.7. The number of hydrogen-bond donors (Lipinski definition) is 2. The maximum absolute atomic E-state index is 12.7. The van der Waals surface area contributed by atoms with Crippen LogP contribution >= 0.6 is 0 Å². The smallest absolute Gasteiger partial charge is 0.255 e. The van der Waals surface area contributed by atoms with Gasteiger partial charge in [0.15, 0.2) is 11.6 Å². The van der Waals surface area contributed by atoms with Crippen LogP contribution < -0.4 is 20.3 Å². The Morgan fingerprint density at radius 2 is 2.00 bits per heavy atom. The summed E-state index contributed by atoms with van der Waals surface area (Å²) in [5.41, 5.74) is 1.91. The number of anilines is 1. The Morgan fingerprint density at radius 1 is 1.24 bits per heavy atom. The van der Waals surface area contributed by atoms with Gasteiger partial charge in [-0.3, -0.25) is 4.79 Å². The van der Waals surface area contributed by atoms with Crippen LogP contribution in [0, 0.1) is 12.3 Å². The van der Waals surface area contributed by atoms with Gasteiger partial charge in [0.25, 0.3) is 5.91 Å². The standard InChI is InChI=1S/C22H29N5O2/c1-15(2)26-21(28)17-10-16(3)4-5-18(17)29-19-11-24-14-25-20(19)27-12-22(13-27)6-8-23-9-7-22/h4-5,10-11,14-15,23H,6-9,12-13H2,1-3H3,(H,26,28). The van der Waals surface area contributed by atoms with Crippen LogP contribution in [0.15, 0.2) is 30.7 Å². The van der Waals surface area contributed by atoms with E-state index in [0.29, 0.717) is 22.5 Å². The van der Waals surface area contributed by atoms with Gasteiger partial charge in [0.05, 0.1) is 11.8 Å². The number of hydrogen-bond acceptors (Lipinski definition) is 6. The number of carbonyl (C=O) groups is 1. The van der Waals surface area contributed by atoms with Gasteiger partial charge in [0, 0.05) is 24.5 Å². The lowest BCUT2D eigenvalue weighted by Gasteiger charge is -2.53. The van der Waals surface area contributed by atoms with E-state index in [0.717, 1.165) is 37.6 Å². The topological polar surface area (TPSA) is 79.4 Å². The molecule has 2 saturated heterocycles. The largest absolute Gasteiger partial charge is 0.451 e. The van der Waals surface area contributed by atoms with Crippen molar-refractivity contribution in [2.45, 2.75) is 39.7 Å². The number of nitrogens with zero attached hydrogens (tertiary/aromatic N) is 3. The molecule has 7 heteroatoms. The number of ether oxygens (including phenoxy) is 1. The van der Waals surface area contributed by atoms with E-state index in [1.54, 1.807) is 12.5 Å². The third-order valence-corrected chi connectivity index (χ3v) is 5.69. The number of aromatic nitrogens is 2. The van der Waals surface area contributed by atoms with Gasteiger partial charge in [-0.2, -0.15) is 0 Å². The van der Waals surface area contributed by atoms with E-state index in [9.17, 15) is 4.79 Å². The van der Waals surface area contributed by atoms with Crippen molar-refractivity contribution in [2.75, 3.05) is 31.1 Å². The average Bonchev–Trinajstić information content (AvgIpc) is 2.68. The summed E-state index contributed by atoms with van der Waals surface area (Å²) in [5.74, 6) is 1.75. The summed E-state index contributed by atoms with van der Waals surface area (Å²) < 4.78 is 6.19. The van der Waals surface area contributed by atoms with Gasteiger partial charge >= 0.3 is 0 Å². The predicted octanol–water partition coefficient (Wildman–Crippen LogP) is 2.91. The van der Waals surface area contributed by atoms with Crippen LogP contribution in [0.3, 0.4) is 0 Å². The molecular formula is C22H29N5O2. The molecule has 0 saturated carbocycles. The summed E-state index contributed by atoms with van der Waals surface area (Å²) in [6, 6.07) is 5.68. The van der Waals surface area contributed by atoms with Crippen molar-refractivity contribution in [1.29, 1.82) is 0 Å². The van der Waals surface area contributed by atoms with Gasteiger partial charge in [0.2, 0.25) is 0 Å². The van der Waals surface area contributed by atoms with Gasteiger partial charge in [-0.15, -0.1) is 0 Å². The van der Waals surface area contributed by atoms with Gasteiger partial charge in [-0.25, -0.2) is 9.97 Å². The molecule has 4 rings (SSSR count). The Morgan fingerprint density at radius 3 is 2.72 bits per heavy atom. The molecule has 1 amide bonds. The first-order valence-corrected chi connectivity index (χ1v) is 10.3. The Labute approximate surface area is 171 Å². The summed E-state index contributed by atoms with van der Waals surface area (Å²) in [6.45, 7) is 9.98. The number of amides is 1. The molecule has 7 nitrogen and oxygen atoms in total. The lowest BCUT2D eigenvalue weighted by molar-refractivity contribution is 0.0940. The second-order valence-corrected chi connectivity index (χ2v) is 8.55. The Hall–Kier alpha value is -2.67. The highest BCUT2D eigenvalue weighted by Gasteiger charge is 2.44. The first kappa shape index (κ1) is 19.6. The molecule has 0 radical (unpaired) electrons. The maximum Gasteiger partial charge on any atom is 0.255 e. The Bertz CT molecular complexity index is 885. The molecule has 1 spiro atoms. The van der Waals surface area contributed by atoms with Gasteiger partial charge in [-0.05, 0) is 58.8 Å². The van der Waals surface area contributed by atoms with E-state index in [1.807, 2.05) is 39.0 Å². The molecule has 154 valence electrons. The number of carbonyl (C=O) groups excluding carboxylic acids is 1. The predicted molar refractivity (Wildman–Crippen MR) is 113 cm³/mol. The molecule has 1 aromatic carbocycles. The third-order valence-electron chi connectivity index (χ3n) is 5.69. The van der Waals surface area contributed by atoms with Crippen molar-refractivity contribution < 1.29 is 9.53 Å². The van der Waals surface area contributed by atoms with E-state index in [2.05, 4.69) is 25.5 Å². The Kier molecular flexibility index (Phi) is 5.41. The van der Waals surface area contributed by atoms with E-state index < -0.39 is 0 Å². The highest BCUT2D eigenvalue weighted by Crippen LogP contribution is 2.43. The lowest BCUT2D eigenvalue weighted by Crippen LogP contribution is -2.60. The van der Waals surface area contributed by atoms with Crippen LogP contribution in [0.5, 0.6) is 11.5 Å². The molecule has 2 fully saturated rings. The van der Waals surface area contributed by atoms with Crippen molar-refractivity contribution in [1.82, 2.24) is 20.6 Å². The molecule has 2 aromatic rings. The van der Waals surface area contributed by atoms with Gasteiger partial charge in [-0.1, -0.05) is 11.6 Å². The van der Waals surface area contributed by atoms with Crippen molar-refractivity contribution in [3.8, 4) is 11.5 Å². The Balaban J connectivity index is 1.56. The zero-order valence-corrected chi connectivity index (χ0v) is 17.4. The molecule has 0 unspecified atom stereocenters. The summed E-state index contributed by atoms with van der Waals surface area (Å²) in [6.07, 6.45) is 5.63. The molecule has 0 atom stereocenters. The summed E-state index contributed by atoms with van der Waals surface area (Å²) >= 11 is 0. The number of aryl methyl sites for hydroxylation is 1. The molecule has 2 aliphatic rings. The lowest BCUT2D eigenvalue weighted by atomic mass is 9.72. The molecular weight excluding hydrogens is 366 g/mol. The number of nitrogens with one attached hydrogen (secondary N) is 2. The fraction of sp³-hybridized carbons (Fsp3) is 0.500. The van der Waals surface area contributed by atoms with Crippen LogP contribution in [0.1, 0.15) is 42.6 Å². The highest BCUT2D eigenvalue weighted by molar-refractivity contribution is 5.97. The van der Waals surface area contributed by atoms with Crippen LogP contribution in [-0.2, 0) is 0 Å². The number of benzene rings is 1. The molecule has 1 aromatic heterocycles. The fourth-order valence-electron chi connectivity index (χ4n) is 4.18. The summed E-state index contributed by atoms with van der Waals surface area (Å²) in [5, 5.41) is 6.38. The van der Waals surface area contributed by atoms with Crippen molar-refractivity contribution >= 4 is 11.7 Å². The van der Waals surface area contributed by atoms with Crippen LogP contribution in [0.25, 0.3) is 0 Å². The SMILES string of the molecule is Cc1ccc(Oc2cncnc2N2CC3(CCNCC3)C2)c(C(=O)NC(C)C)c1. The highest BCUT2D eigenvalue weighted by atomic mass is 16.5. The van der Waals surface area contributed by atoms with E-state index in [4.69, 9.17) is 4.74 Å². The van der Waals surface area contributed by atoms with Crippen molar-refractivity contribution in [3.05, 3.63) is 41.9 Å². The summed E-state index contributed by atoms with van der Waals surface area (Å²) in [7, 11) is 0. The minimum absolute atomic E-state index is 0.0498. The third kappa shape index (κ3) is 4.19. The monoisotopic (exact) mass is 395 g/mol.